The molecule has 0 aromatic rings. The number of aliphatic carboxylic acids is 1. The number of carboxylic acids is 1. The summed E-state index contributed by atoms with van der Waals surface area (Å²) >= 11 is 1.69. The molecule has 0 radical (unpaired) electrons. The maximum Gasteiger partial charge on any atom is 0.309 e. The first kappa shape index (κ1) is 10.8. The number of thioether (sulfide) groups is 1. The summed E-state index contributed by atoms with van der Waals surface area (Å²) in [7, 11) is 0. The quantitative estimate of drug-likeness (QED) is 0.713. The zero-order valence-corrected chi connectivity index (χ0v) is 8.36. The van der Waals surface area contributed by atoms with Gasteiger partial charge in [0, 0.05) is 5.75 Å². The molecule has 1 N–H and O–H groups in total. The summed E-state index contributed by atoms with van der Waals surface area (Å²) in [6.45, 7) is 7.65. The number of carboxylic acid groups (broad SMARTS) is 1. The van der Waals surface area contributed by atoms with Crippen LogP contribution in [0.25, 0.3) is 0 Å². The summed E-state index contributed by atoms with van der Waals surface area (Å²) in [5.74, 6) is -0.0364. The second-order valence-electron chi connectivity index (χ2n) is 3.55. The fourth-order valence-electron chi connectivity index (χ4n) is 0.437. The first-order valence-electron chi connectivity index (χ1n) is 3.71. The third-order valence-electron chi connectivity index (χ3n) is 1.36. The molecule has 0 spiro atoms. The van der Waals surface area contributed by atoms with Crippen molar-refractivity contribution in [2.24, 2.45) is 5.41 Å². The van der Waals surface area contributed by atoms with Crippen LogP contribution in [0.4, 0.5) is 0 Å². The van der Waals surface area contributed by atoms with E-state index in [0.717, 1.165) is 0 Å². The van der Waals surface area contributed by atoms with Crippen LogP contribution in [-0.4, -0.2) is 22.1 Å². The normalized spacial score (nSPS) is 12.1. The molecule has 0 fully saturated rings. The van der Waals surface area contributed by atoms with Gasteiger partial charge < -0.3 is 5.11 Å². The Labute approximate surface area is 72.4 Å². The highest BCUT2D eigenvalue weighted by Gasteiger charge is 2.26. The van der Waals surface area contributed by atoms with Crippen LogP contribution >= 0.6 is 11.8 Å². The van der Waals surface area contributed by atoms with Gasteiger partial charge in [-0.3, -0.25) is 4.79 Å². The molecule has 0 aliphatic carbocycles. The number of carbonyl (C=O) groups is 1. The van der Waals surface area contributed by atoms with Gasteiger partial charge in [-0.05, 0) is 19.1 Å². The minimum atomic E-state index is -0.717. The monoisotopic (exact) mass is 176 g/mol. The lowest BCUT2D eigenvalue weighted by molar-refractivity contribution is -0.145. The minimum absolute atomic E-state index is 0.508. The lowest BCUT2D eigenvalue weighted by atomic mass is 9.97. The fourth-order valence-corrected chi connectivity index (χ4v) is 1.31. The smallest absolute Gasteiger partial charge is 0.309 e. The van der Waals surface area contributed by atoms with Crippen LogP contribution in [0.3, 0.4) is 0 Å². The van der Waals surface area contributed by atoms with Crippen LogP contribution in [0.15, 0.2) is 0 Å². The Morgan fingerprint density at radius 1 is 1.55 bits per heavy atom. The van der Waals surface area contributed by atoms with Gasteiger partial charge in [0.05, 0.1) is 5.41 Å². The lowest BCUT2D eigenvalue weighted by Crippen LogP contribution is -2.26. The van der Waals surface area contributed by atoms with Gasteiger partial charge in [-0.2, -0.15) is 11.8 Å². The van der Waals surface area contributed by atoms with E-state index in [4.69, 9.17) is 5.11 Å². The molecule has 0 saturated carbocycles. The summed E-state index contributed by atoms with van der Waals surface area (Å²) in [5.41, 5.74) is -0.588. The first-order chi connectivity index (χ1) is 4.86. The van der Waals surface area contributed by atoms with Crippen molar-refractivity contribution in [3.8, 4) is 0 Å². The Morgan fingerprint density at radius 2 is 2.00 bits per heavy atom. The molecular weight excluding hydrogens is 160 g/mol. The highest BCUT2D eigenvalue weighted by atomic mass is 32.2. The summed E-state index contributed by atoms with van der Waals surface area (Å²) < 4.78 is 0. The van der Waals surface area contributed by atoms with Crippen molar-refractivity contribution in [2.45, 2.75) is 32.9 Å². The molecule has 66 valence electrons. The average Bonchev–Trinajstić information content (AvgIpc) is 1.84. The molecule has 11 heavy (non-hydrogen) atoms. The van der Waals surface area contributed by atoms with E-state index in [-0.39, 0.29) is 0 Å². The van der Waals surface area contributed by atoms with Gasteiger partial charge in [-0.1, -0.05) is 13.8 Å². The SMILES string of the molecule is CC(C)SCC(C)(C)C(=O)O. The van der Waals surface area contributed by atoms with E-state index >= 15 is 0 Å². The summed E-state index contributed by atoms with van der Waals surface area (Å²) in [6.07, 6.45) is 0. The second kappa shape index (κ2) is 4.00. The van der Waals surface area contributed by atoms with Crippen molar-refractivity contribution < 1.29 is 9.90 Å². The molecular formula is C8H16O2S. The van der Waals surface area contributed by atoms with Gasteiger partial charge in [0.15, 0.2) is 0 Å². The molecule has 0 unspecified atom stereocenters. The molecule has 0 bridgehead atoms. The molecule has 0 aliphatic heterocycles. The highest BCUT2D eigenvalue weighted by Crippen LogP contribution is 2.24. The molecule has 0 aromatic heterocycles. The van der Waals surface area contributed by atoms with Crippen LogP contribution < -0.4 is 0 Å². The van der Waals surface area contributed by atoms with E-state index in [1.807, 2.05) is 0 Å². The standard InChI is InChI=1S/C8H16O2S/c1-6(2)11-5-8(3,4)7(9)10/h6H,5H2,1-4H3,(H,9,10). The Balaban J connectivity index is 3.83. The maximum absolute atomic E-state index is 10.6. The van der Waals surface area contributed by atoms with Crippen LogP contribution in [-0.2, 0) is 4.79 Å². The van der Waals surface area contributed by atoms with Crippen molar-refractivity contribution in [1.82, 2.24) is 0 Å². The zero-order chi connectivity index (χ0) is 9.07. The van der Waals surface area contributed by atoms with Crippen LogP contribution in [0, 0.1) is 5.41 Å². The van der Waals surface area contributed by atoms with Crippen LogP contribution in [0.5, 0.6) is 0 Å². The van der Waals surface area contributed by atoms with Gasteiger partial charge in [-0.15, -0.1) is 0 Å². The van der Waals surface area contributed by atoms with E-state index in [9.17, 15) is 4.79 Å². The summed E-state index contributed by atoms with van der Waals surface area (Å²) in [6, 6.07) is 0. The predicted molar refractivity (Wildman–Crippen MR) is 49.0 cm³/mol. The van der Waals surface area contributed by atoms with E-state index in [1.54, 1.807) is 25.6 Å². The number of hydrogen-bond donors (Lipinski definition) is 1. The third-order valence-corrected chi connectivity index (χ3v) is 2.91. The second-order valence-corrected chi connectivity index (χ2v) is 5.11. The number of rotatable bonds is 4. The van der Waals surface area contributed by atoms with E-state index in [1.165, 1.54) is 0 Å². The topological polar surface area (TPSA) is 37.3 Å². The molecule has 0 rings (SSSR count). The van der Waals surface area contributed by atoms with Gasteiger partial charge in [0.1, 0.15) is 0 Å². The third kappa shape index (κ3) is 4.30. The largest absolute Gasteiger partial charge is 0.481 e. The molecule has 0 heterocycles. The first-order valence-corrected chi connectivity index (χ1v) is 4.76. The molecule has 3 heteroatoms. The Kier molecular flexibility index (Phi) is 3.93. The highest BCUT2D eigenvalue weighted by molar-refractivity contribution is 7.99. The van der Waals surface area contributed by atoms with Crippen molar-refractivity contribution in [3.05, 3.63) is 0 Å². The van der Waals surface area contributed by atoms with Crippen molar-refractivity contribution in [2.75, 3.05) is 5.75 Å². The fraction of sp³-hybridized carbons (Fsp3) is 0.875. The summed E-state index contributed by atoms with van der Waals surface area (Å²) in [5, 5.41) is 9.25. The lowest BCUT2D eigenvalue weighted by Gasteiger charge is -2.19. The van der Waals surface area contributed by atoms with Crippen molar-refractivity contribution >= 4 is 17.7 Å². The van der Waals surface area contributed by atoms with Crippen LogP contribution in [0.2, 0.25) is 0 Å². The molecule has 2 nitrogen and oxygen atoms in total. The molecule has 0 amide bonds. The van der Waals surface area contributed by atoms with E-state index in [0.29, 0.717) is 11.0 Å². The van der Waals surface area contributed by atoms with Gasteiger partial charge in [0.25, 0.3) is 0 Å². The average molecular weight is 176 g/mol. The van der Waals surface area contributed by atoms with E-state index < -0.39 is 11.4 Å². The maximum atomic E-state index is 10.6. The Bertz CT molecular complexity index is 141. The van der Waals surface area contributed by atoms with Gasteiger partial charge in [-0.25, -0.2) is 0 Å². The predicted octanol–water partition coefficient (Wildman–Crippen LogP) is 2.24. The minimum Gasteiger partial charge on any atom is -0.481 e. The Hall–Kier alpha value is -0.180. The van der Waals surface area contributed by atoms with Crippen LogP contribution in [0.1, 0.15) is 27.7 Å². The number of hydrogen-bond acceptors (Lipinski definition) is 2. The zero-order valence-electron chi connectivity index (χ0n) is 7.55. The molecule has 0 aliphatic rings. The molecule has 0 atom stereocenters. The van der Waals surface area contributed by atoms with Gasteiger partial charge >= 0.3 is 5.97 Å². The van der Waals surface area contributed by atoms with Crippen molar-refractivity contribution in [1.29, 1.82) is 0 Å². The summed E-state index contributed by atoms with van der Waals surface area (Å²) in [4.78, 5) is 10.6. The van der Waals surface area contributed by atoms with Gasteiger partial charge in [0.2, 0.25) is 0 Å². The molecule has 0 aromatic carbocycles. The molecule has 0 saturated heterocycles. The van der Waals surface area contributed by atoms with Crippen molar-refractivity contribution in [3.63, 3.8) is 0 Å². The van der Waals surface area contributed by atoms with E-state index in [2.05, 4.69) is 13.8 Å². The Morgan fingerprint density at radius 3 is 2.27 bits per heavy atom.